The lowest BCUT2D eigenvalue weighted by Gasteiger charge is -2.40. The molecule has 58 heavy (non-hydrogen) atoms. The molecule has 12 nitrogen and oxygen atoms in total. The van der Waals surface area contributed by atoms with Crippen molar-refractivity contribution in [3.8, 4) is 0 Å². The van der Waals surface area contributed by atoms with Gasteiger partial charge < -0.3 is 34.3 Å². The summed E-state index contributed by atoms with van der Waals surface area (Å²) < 4.78 is 54.0. The minimum absolute atomic E-state index is 0.143. The summed E-state index contributed by atoms with van der Waals surface area (Å²) in [6.45, 7) is 3.73. The molecular formula is C45H82O12S. The molecule has 340 valence electrons. The fourth-order valence-electron chi connectivity index (χ4n) is 6.90. The molecule has 1 saturated heterocycles. The molecule has 0 spiro atoms. The van der Waals surface area contributed by atoms with Crippen LogP contribution in [0, 0.1) is 0 Å². The summed E-state index contributed by atoms with van der Waals surface area (Å²) in [5.74, 6) is -2.02. The molecule has 0 aromatic carbocycles. The maximum absolute atomic E-state index is 12.8. The molecule has 6 atom stereocenters. The highest BCUT2D eigenvalue weighted by molar-refractivity contribution is 7.85. The van der Waals surface area contributed by atoms with Crippen LogP contribution in [0.15, 0.2) is 24.3 Å². The molecule has 0 aromatic heterocycles. The van der Waals surface area contributed by atoms with E-state index in [9.17, 15) is 37.9 Å². The molecule has 13 heteroatoms. The highest BCUT2D eigenvalue weighted by Crippen LogP contribution is 2.24. The van der Waals surface area contributed by atoms with Crippen molar-refractivity contribution in [3.63, 3.8) is 0 Å². The van der Waals surface area contributed by atoms with Crippen LogP contribution in [0.25, 0.3) is 0 Å². The molecule has 1 aliphatic rings. The van der Waals surface area contributed by atoms with Gasteiger partial charge in [0.1, 0.15) is 36.8 Å². The van der Waals surface area contributed by atoms with E-state index >= 15 is 0 Å². The smallest absolute Gasteiger partial charge is 0.306 e. The number of carbonyl (C=O) groups is 2. The first-order chi connectivity index (χ1) is 28.0. The number of ether oxygens (including phenoxy) is 4. The zero-order chi connectivity index (χ0) is 42.7. The SMILES string of the molecule is CCCCCCCCCC/C=C/CCCCCC(=O)OC[C@H](CO[C@H]1O[C@H](CS(=O)(=O)O)[C@@H](O)C(O)C1O)OC(=O)CCCCC/C=C/CCCCCCCCCC. The van der Waals surface area contributed by atoms with Gasteiger partial charge in [0.25, 0.3) is 10.1 Å². The van der Waals surface area contributed by atoms with Gasteiger partial charge in [-0.3, -0.25) is 14.1 Å². The molecule has 0 saturated carbocycles. The Balaban J connectivity index is 2.47. The van der Waals surface area contributed by atoms with Crippen LogP contribution < -0.4 is 0 Å². The first kappa shape index (κ1) is 54.1. The molecule has 0 aromatic rings. The number of allylic oxidation sites excluding steroid dienone is 4. The van der Waals surface area contributed by atoms with E-state index in [4.69, 9.17) is 18.9 Å². The fourth-order valence-corrected chi connectivity index (χ4v) is 7.59. The minimum Gasteiger partial charge on any atom is -0.462 e. The van der Waals surface area contributed by atoms with E-state index in [-0.39, 0.29) is 19.4 Å². The lowest BCUT2D eigenvalue weighted by atomic mass is 10.00. The zero-order valence-electron chi connectivity index (χ0n) is 36.2. The minimum atomic E-state index is -4.60. The average Bonchev–Trinajstić information content (AvgIpc) is 3.18. The predicted molar refractivity (Wildman–Crippen MR) is 229 cm³/mol. The summed E-state index contributed by atoms with van der Waals surface area (Å²) >= 11 is 0. The Bertz CT molecular complexity index is 1180. The van der Waals surface area contributed by atoms with Gasteiger partial charge in [-0.05, 0) is 64.2 Å². The number of hydrogen-bond donors (Lipinski definition) is 4. The normalized spacial score (nSPS) is 20.6. The molecule has 2 unspecified atom stereocenters. The number of aliphatic hydroxyl groups is 3. The Morgan fingerprint density at radius 3 is 1.43 bits per heavy atom. The Morgan fingerprint density at radius 2 is 0.983 bits per heavy atom. The fraction of sp³-hybridized carbons (Fsp3) is 0.867. The van der Waals surface area contributed by atoms with Crippen molar-refractivity contribution < 1.29 is 56.8 Å². The van der Waals surface area contributed by atoms with E-state index in [0.717, 1.165) is 51.4 Å². The van der Waals surface area contributed by atoms with Gasteiger partial charge >= 0.3 is 11.9 Å². The van der Waals surface area contributed by atoms with Crippen LogP contribution in [0.5, 0.6) is 0 Å². The topological polar surface area (TPSA) is 186 Å². The third kappa shape index (κ3) is 30.2. The first-order valence-electron chi connectivity index (χ1n) is 22.9. The van der Waals surface area contributed by atoms with Crippen LogP contribution in [-0.4, -0.2) is 96.0 Å². The van der Waals surface area contributed by atoms with E-state index in [0.29, 0.717) is 12.8 Å². The predicted octanol–water partition coefficient (Wildman–Crippen LogP) is 9.23. The Hall–Kier alpha value is -1.87. The van der Waals surface area contributed by atoms with Gasteiger partial charge in [-0.2, -0.15) is 8.42 Å². The molecule has 1 aliphatic heterocycles. The average molecular weight is 847 g/mol. The zero-order valence-corrected chi connectivity index (χ0v) is 37.0. The lowest BCUT2D eigenvalue weighted by Crippen LogP contribution is -2.60. The number of rotatable bonds is 38. The van der Waals surface area contributed by atoms with Gasteiger partial charge in [0.05, 0.1) is 6.61 Å². The molecule has 0 amide bonds. The third-order valence-corrected chi connectivity index (χ3v) is 11.3. The van der Waals surface area contributed by atoms with Crippen molar-refractivity contribution in [1.82, 2.24) is 0 Å². The summed E-state index contributed by atoms with van der Waals surface area (Å²) in [6.07, 6.45) is 29.4. The molecule has 1 rings (SSSR count). The highest BCUT2D eigenvalue weighted by Gasteiger charge is 2.46. The van der Waals surface area contributed by atoms with E-state index in [2.05, 4.69) is 38.2 Å². The standard InChI is InChI=1S/C45H82O12S/c1-3-5-7-9-11-13-15-17-19-21-23-25-27-29-31-33-40(46)54-35-38(36-55-45-44(50)43(49)42(48)39(57-45)37-58(51,52)53)56-41(47)34-32-30-28-26-24-22-20-18-16-14-12-10-8-6-4-2/h21-24,38-39,42-45,48-50H,3-20,25-37H2,1-2H3,(H,51,52,53)/b23-21+,24-22+/t38-,39-,42-,43?,44?,45+/m1/s1. The molecule has 1 fully saturated rings. The second-order valence-electron chi connectivity index (χ2n) is 16.1. The summed E-state index contributed by atoms with van der Waals surface area (Å²) in [7, 11) is -4.60. The van der Waals surface area contributed by atoms with Crippen LogP contribution in [0.1, 0.15) is 194 Å². The van der Waals surface area contributed by atoms with Gasteiger partial charge in [0.15, 0.2) is 12.4 Å². The van der Waals surface area contributed by atoms with Crippen LogP contribution in [0.3, 0.4) is 0 Å². The summed E-state index contributed by atoms with van der Waals surface area (Å²) in [4.78, 5) is 25.4. The Kier molecular flexibility index (Phi) is 33.5. The summed E-state index contributed by atoms with van der Waals surface area (Å²) in [5, 5.41) is 30.9. The summed E-state index contributed by atoms with van der Waals surface area (Å²) in [6, 6.07) is 0. The van der Waals surface area contributed by atoms with Crippen LogP contribution >= 0.6 is 0 Å². The number of carbonyl (C=O) groups excluding carboxylic acids is 2. The molecule has 0 aliphatic carbocycles. The van der Waals surface area contributed by atoms with Gasteiger partial charge in [0, 0.05) is 12.8 Å². The quantitative estimate of drug-likeness (QED) is 0.0200. The first-order valence-corrected chi connectivity index (χ1v) is 24.5. The number of hydrogen-bond acceptors (Lipinski definition) is 11. The number of esters is 2. The molecule has 4 N–H and O–H groups in total. The molecule has 1 heterocycles. The Morgan fingerprint density at radius 1 is 0.569 bits per heavy atom. The highest BCUT2D eigenvalue weighted by atomic mass is 32.2. The van der Waals surface area contributed by atoms with E-state index < -0.39 is 71.2 Å². The second kappa shape index (κ2) is 35.8. The largest absolute Gasteiger partial charge is 0.462 e. The van der Waals surface area contributed by atoms with Crippen LogP contribution in [0.4, 0.5) is 0 Å². The van der Waals surface area contributed by atoms with Crippen molar-refractivity contribution in [3.05, 3.63) is 24.3 Å². The van der Waals surface area contributed by atoms with Crippen molar-refractivity contribution in [2.45, 2.75) is 230 Å². The van der Waals surface area contributed by atoms with E-state index in [1.807, 2.05) is 0 Å². The summed E-state index contributed by atoms with van der Waals surface area (Å²) in [5.41, 5.74) is 0. The maximum Gasteiger partial charge on any atom is 0.306 e. The maximum atomic E-state index is 12.8. The van der Waals surface area contributed by atoms with Gasteiger partial charge in [-0.25, -0.2) is 0 Å². The third-order valence-electron chi connectivity index (χ3n) is 10.5. The van der Waals surface area contributed by atoms with Gasteiger partial charge in [-0.1, -0.05) is 141 Å². The number of aliphatic hydroxyl groups excluding tert-OH is 3. The lowest BCUT2D eigenvalue weighted by molar-refractivity contribution is -0.297. The van der Waals surface area contributed by atoms with Gasteiger partial charge in [0.2, 0.25) is 0 Å². The van der Waals surface area contributed by atoms with Crippen molar-refractivity contribution in [2.24, 2.45) is 0 Å². The van der Waals surface area contributed by atoms with Crippen molar-refractivity contribution >= 4 is 22.1 Å². The van der Waals surface area contributed by atoms with Crippen molar-refractivity contribution in [1.29, 1.82) is 0 Å². The number of unbranched alkanes of at least 4 members (excludes halogenated alkanes) is 22. The van der Waals surface area contributed by atoms with Gasteiger partial charge in [-0.15, -0.1) is 0 Å². The molecule has 0 bridgehead atoms. The monoisotopic (exact) mass is 847 g/mol. The van der Waals surface area contributed by atoms with E-state index in [1.165, 1.54) is 103 Å². The van der Waals surface area contributed by atoms with Crippen molar-refractivity contribution in [2.75, 3.05) is 19.0 Å². The van der Waals surface area contributed by atoms with E-state index in [1.54, 1.807) is 0 Å². The van der Waals surface area contributed by atoms with Crippen LogP contribution in [0.2, 0.25) is 0 Å². The Labute approximate surface area is 351 Å². The molecule has 0 radical (unpaired) electrons. The van der Waals surface area contributed by atoms with Crippen LogP contribution in [-0.2, 0) is 38.7 Å². The molecular weight excluding hydrogens is 765 g/mol. The second-order valence-corrected chi connectivity index (χ2v) is 17.6.